The van der Waals surface area contributed by atoms with E-state index in [2.05, 4.69) is 26.0 Å². The van der Waals surface area contributed by atoms with Crippen molar-refractivity contribution >= 4 is 33.5 Å². The lowest BCUT2D eigenvalue weighted by Gasteiger charge is -2.09. The molecule has 1 amide bonds. The fraction of sp³-hybridized carbons (Fsp3) is 0.176. The fourth-order valence-electron chi connectivity index (χ4n) is 1.93. The molecule has 0 radical (unpaired) electrons. The molecule has 0 spiro atoms. The van der Waals surface area contributed by atoms with Crippen LogP contribution in [0, 0.1) is 6.92 Å². The van der Waals surface area contributed by atoms with Crippen LogP contribution in [0.4, 0.5) is 14.5 Å². The number of esters is 1. The number of alkyl halides is 2. The van der Waals surface area contributed by atoms with Crippen LogP contribution in [-0.4, -0.2) is 25.1 Å². The van der Waals surface area contributed by atoms with E-state index in [1.807, 2.05) is 6.92 Å². The lowest BCUT2D eigenvalue weighted by atomic mass is 10.2. The van der Waals surface area contributed by atoms with Crippen molar-refractivity contribution in [3.63, 3.8) is 0 Å². The van der Waals surface area contributed by atoms with Crippen molar-refractivity contribution in [3.05, 3.63) is 58.1 Å². The second-order valence-electron chi connectivity index (χ2n) is 4.99. The van der Waals surface area contributed by atoms with E-state index in [-0.39, 0.29) is 11.3 Å². The maximum absolute atomic E-state index is 12.2. The predicted molar refractivity (Wildman–Crippen MR) is 90.9 cm³/mol. The molecule has 132 valence electrons. The maximum atomic E-state index is 12.2. The molecular weight excluding hydrogens is 400 g/mol. The number of benzene rings is 2. The molecule has 0 heterocycles. The van der Waals surface area contributed by atoms with E-state index in [1.165, 1.54) is 18.2 Å². The Bertz CT molecular complexity index is 783. The summed E-state index contributed by atoms with van der Waals surface area (Å²) in [6.45, 7) is -1.63. The number of rotatable bonds is 6. The smallest absolute Gasteiger partial charge is 0.387 e. The molecule has 5 nitrogen and oxygen atoms in total. The van der Waals surface area contributed by atoms with Gasteiger partial charge in [-0.05, 0) is 48.9 Å². The highest BCUT2D eigenvalue weighted by Crippen LogP contribution is 2.20. The molecule has 2 aromatic rings. The Morgan fingerprint density at radius 1 is 1.20 bits per heavy atom. The average Bonchev–Trinajstić information content (AvgIpc) is 2.55. The van der Waals surface area contributed by atoms with Gasteiger partial charge in [0.1, 0.15) is 5.75 Å². The normalized spacial score (nSPS) is 10.4. The Labute approximate surface area is 151 Å². The van der Waals surface area contributed by atoms with E-state index >= 15 is 0 Å². The average molecular weight is 414 g/mol. The molecule has 0 aliphatic heterocycles. The molecule has 8 heteroatoms. The Balaban J connectivity index is 1.90. The summed E-state index contributed by atoms with van der Waals surface area (Å²) in [6.07, 6.45) is 0. The van der Waals surface area contributed by atoms with E-state index < -0.39 is 25.1 Å². The van der Waals surface area contributed by atoms with Gasteiger partial charge in [0.15, 0.2) is 6.61 Å². The van der Waals surface area contributed by atoms with Crippen molar-refractivity contribution in [2.24, 2.45) is 0 Å². The number of aryl methyl sites for hydroxylation is 1. The number of carbonyl (C=O) groups is 2. The van der Waals surface area contributed by atoms with Gasteiger partial charge in [-0.2, -0.15) is 8.78 Å². The molecule has 0 saturated carbocycles. The summed E-state index contributed by atoms with van der Waals surface area (Å²) in [4.78, 5) is 23.7. The van der Waals surface area contributed by atoms with Crippen molar-refractivity contribution in [2.75, 3.05) is 11.9 Å². The molecule has 0 aromatic heterocycles. The van der Waals surface area contributed by atoms with E-state index in [0.29, 0.717) is 5.69 Å². The standard InChI is InChI=1S/C17H14BrF2NO4/c1-10-7-12(5-6-14(10)18)21-15(22)9-24-16(23)11-3-2-4-13(8-11)25-17(19)20/h2-8,17H,9H2,1H3,(H,21,22). The summed E-state index contributed by atoms with van der Waals surface area (Å²) < 4.78 is 34.3. The largest absolute Gasteiger partial charge is 0.452 e. The van der Waals surface area contributed by atoms with Crippen molar-refractivity contribution in [3.8, 4) is 5.75 Å². The minimum absolute atomic E-state index is 0.00503. The molecule has 0 atom stereocenters. The number of carbonyl (C=O) groups excluding carboxylic acids is 2. The molecule has 0 aliphatic carbocycles. The molecule has 25 heavy (non-hydrogen) atoms. The molecular formula is C17H14BrF2NO4. The Morgan fingerprint density at radius 3 is 2.64 bits per heavy atom. The van der Waals surface area contributed by atoms with Gasteiger partial charge < -0.3 is 14.8 Å². The monoisotopic (exact) mass is 413 g/mol. The number of nitrogens with one attached hydrogen (secondary N) is 1. The van der Waals surface area contributed by atoms with Crippen LogP contribution in [0.3, 0.4) is 0 Å². The molecule has 0 unspecified atom stereocenters. The number of amides is 1. The van der Waals surface area contributed by atoms with Crippen LogP contribution in [0.1, 0.15) is 15.9 Å². The van der Waals surface area contributed by atoms with Crippen molar-refractivity contribution in [2.45, 2.75) is 13.5 Å². The first kappa shape index (κ1) is 18.9. The highest BCUT2D eigenvalue weighted by atomic mass is 79.9. The molecule has 0 saturated heterocycles. The number of ether oxygens (including phenoxy) is 2. The maximum Gasteiger partial charge on any atom is 0.387 e. The summed E-state index contributed by atoms with van der Waals surface area (Å²) in [5, 5.41) is 2.59. The molecule has 2 rings (SSSR count). The number of halogens is 3. The van der Waals surface area contributed by atoms with E-state index in [1.54, 1.807) is 18.2 Å². The lowest BCUT2D eigenvalue weighted by molar-refractivity contribution is -0.119. The van der Waals surface area contributed by atoms with Gasteiger partial charge in [-0.15, -0.1) is 0 Å². The van der Waals surface area contributed by atoms with Crippen molar-refractivity contribution in [1.29, 1.82) is 0 Å². The molecule has 0 aliphatic rings. The van der Waals surface area contributed by atoms with Gasteiger partial charge in [0, 0.05) is 10.2 Å². The van der Waals surface area contributed by atoms with Gasteiger partial charge in [0.05, 0.1) is 5.56 Å². The number of hydrogen-bond acceptors (Lipinski definition) is 4. The molecule has 2 aromatic carbocycles. The summed E-state index contributed by atoms with van der Waals surface area (Å²) in [5.74, 6) is -1.50. The van der Waals surface area contributed by atoms with Gasteiger partial charge in [-0.1, -0.05) is 22.0 Å². The first-order chi connectivity index (χ1) is 11.8. The van der Waals surface area contributed by atoms with E-state index in [9.17, 15) is 18.4 Å². The van der Waals surface area contributed by atoms with Crippen LogP contribution in [-0.2, 0) is 9.53 Å². The van der Waals surface area contributed by atoms with E-state index in [4.69, 9.17) is 4.74 Å². The SMILES string of the molecule is Cc1cc(NC(=O)COC(=O)c2cccc(OC(F)F)c2)ccc1Br. The highest BCUT2D eigenvalue weighted by Gasteiger charge is 2.13. The van der Waals surface area contributed by atoms with Crippen LogP contribution in [0.25, 0.3) is 0 Å². The minimum Gasteiger partial charge on any atom is -0.452 e. The molecule has 0 bridgehead atoms. The fourth-order valence-corrected chi connectivity index (χ4v) is 2.18. The topological polar surface area (TPSA) is 64.6 Å². The molecule has 1 N–H and O–H groups in total. The minimum atomic E-state index is -2.99. The number of anilines is 1. The number of hydrogen-bond donors (Lipinski definition) is 1. The van der Waals surface area contributed by atoms with Gasteiger partial charge in [0.25, 0.3) is 5.91 Å². The summed E-state index contributed by atoms with van der Waals surface area (Å²) >= 11 is 3.35. The second-order valence-corrected chi connectivity index (χ2v) is 5.85. The van der Waals surface area contributed by atoms with Gasteiger partial charge in [-0.3, -0.25) is 4.79 Å². The third-order valence-electron chi connectivity index (χ3n) is 3.07. The van der Waals surface area contributed by atoms with E-state index in [0.717, 1.165) is 16.1 Å². The van der Waals surface area contributed by atoms with Crippen LogP contribution < -0.4 is 10.1 Å². The quantitative estimate of drug-likeness (QED) is 0.722. The predicted octanol–water partition coefficient (Wildman–Crippen LogP) is 4.15. The Morgan fingerprint density at radius 2 is 1.96 bits per heavy atom. The first-order valence-corrected chi connectivity index (χ1v) is 7.92. The van der Waals surface area contributed by atoms with Crippen molar-refractivity contribution < 1.29 is 27.8 Å². The van der Waals surface area contributed by atoms with Gasteiger partial charge in [-0.25, -0.2) is 4.79 Å². The van der Waals surface area contributed by atoms with Gasteiger partial charge >= 0.3 is 12.6 Å². The molecule has 0 fully saturated rings. The third kappa shape index (κ3) is 5.82. The van der Waals surface area contributed by atoms with Crippen LogP contribution in [0.2, 0.25) is 0 Å². The zero-order valence-electron chi connectivity index (χ0n) is 13.1. The summed E-state index contributed by atoms with van der Waals surface area (Å²) in [7, 11) is 0. The Hall–Kier alpha value is -2.48. The second kappa shape index (κ2) is 8.57. The summed E-state index contributed by atoms with van der Waals surface area (Å²) in [5.41, 5.74) is 1.50. The van der Waals surface area contributed by atoms with Crippen LogP contribution in [0.15, 0.2) is 46.9 Å². The third-order valence-corrected chi connectivity index (χ3v) is 3.96. The first-order valence-electron chi connectivity index (χ1n) is 7.13. The zero-order valence-corrected chi connectivity index (χ0v) is 14.7. The highest BCUT2D eigenvalue weighted by molar-refractivity contribution is 9.10. The Kier molecular flexibility index (Phi) is 6.46. The lowest BCUT2D eigenvalue weighted by Crippen LogP contribution is -2.21. The van der Waals surface area contributed by atoms with Crippen LogP contribution >= 0.6 is 15.9 Å². The summed E-state index contributed by atoms with van der Waals surface area (Å²) in [6, 6.07) is 10.4. The van der Waals surface area contributed by atoms with Crippen molar-refractivity contribution in [1.82, 2.24) is 0 Å². The zero-order chi connectivity index (χ0) is 18.4. The van der Waals surface area contributed by atoms with Crippen LogP contribution in [0.5, 0.6) is 5.75 Å². The van der Waals surface area contributed by atoms with Gasteiger partial charge in [0.2, 0.25) is 0 Å².